The van der Waals surface area contributed by atoms with Gasteiger partial charge < -0.3 is 11.1 Å². The highest BCUT2D eigenvalue weighted by Gasteiger charge is 2.18. The van der Waals surface area contributed by atoms with Crippen LogP contribution in [-0.4, -0.2) is 31.5 Å². The molecule has 3 N–H and O–H groups in total. The molecule has 0 radical (unpaired) electrons. The van der Waals surface area contributed by atoms with Gasteiger partial charge in [-0.05, 0) is 30.3 Å². The van der Waals surface area contributed by atoms with Crippen molar-refractivity contribution >= 4 is 23.4 Å². The fraction of sp³-hybridized carbons (Fsp3) is 0.0952. The molecule has 3 aromatic heterocycles. The van der Waals surface area contributed by atoms with Gasteiger partial charge >= 0.3 is 0 Å². The Kier molecular flexibility index (Phi) is 5.76. The van der Waals surface area contributed by atoms with E-state index < -0.39 is 5.82 Å². The molecule has 0 fully saturated rings. The van der Waals surface area contributed by atoms with Gasteiger partial charge in [0.15, 0.2) is 0 Å². The van der Waals surface area contributed by atoms with Crippen molar-refractivity contribution in [2.45, 2.75) is 6.42 Å². The van der Waals surface area contributed by atoms with Gasteiger partial charge in [0.05, 0.1) is 16.3 Å². The number of nitrogens with zero attached hydrogens (tertiary/aromatic N) is 5. The van der Waals surface area contributed by atoms with Crippen LogP contribution in [0.4, 0.5) is 16.2 Å². The quantitative estimate of drug-likeness (QED) is 0.484. The number of rotatable bonds is 6. The summed E-state index contributed by atoms with van der Waals surface area (Å²) in [5.74, 6) is 0.0795. The van der Waals surface area contributed by atoms with Gasteiger partial charge in [0.2, 0.25) is 5.95 Å². The maximum atomic E-state index is 13.7. The summed E-state index contributed by atoms with van der Waals surface area (Å²) in [6, 6.07) is 10.1. The van der Waals surface area contributed by atoms with Crippen LogP contribution in [0.1, 0.15) is 5.69 Å². The summed E-state index contributed by atoms with van der Waals surface area (Å²) in [6.07, 6.45) is 7.18. The van der Waals surface area contributed by atoms with E-state index in [2.05, 4.69) is 30.2 Å². The van der Waals surface area contributed by atoms with Crippen LogP contribution in [0.2, 0.25) is 5.02 Å². The molecular weight excluding hydrogens is 405 g/mol. The summed E-state index contributed by atoms with van der Waals surface area (Å²) >= 11 is 6.00. The maximum absolute atomic E-state index is 13.7. The average molecular weight is 422 g/mol. The third-order valence-electron chi connectivity index (χ3n) is 4.37. The molecule has 0 bridgehead atoms. The fourth-order valence-corrected chi connectivity index (χ4v) is 3.20. The third kappa shape index (κ3) is 4.33. The lowest BCUT2D eigenvalue weighted by atomic mass is 10.0. The summed E-state index contributed by atoms with van der Waals surface area (Å²) in [7, 11) is 0. The van der Waals surface area contributed by atoms with Crippen LogP contribution >= 0.6 is 11.6 Å². The summed E-state index contributed by atoms with van der Waals surface area (Å²) in [5.41, 5.74) is 9.36. The van der Waals surface area contributed by atoms with Gasteiger partial charge in [0.1, 0.15) is 18.0 Å². The number of nitrogen functional groups attached to an aromatic ring is 1. The second kappa shape index (κ2) is 8.79. The first-order valence-corrected chi connectivity index (χ1v) is 9.51. The number of halogens is 2. The molecule has 0 atom stereocenters. The SMILES string of the molecule is Nc1nc(NCCc2ccccn2)c(-c2cncnc2)c(-c2ccc(F)c(Cl)c2)n1. The summed E-state index contributed by atoms with van der Waals surface area (Å²) in [6.45, 7) is 0.567. The second-order valence-electron chi connectivity index (χ2n) is 6.41. The number of hydrogen-bond donors (Lipinski definition) is 2. The number of nitrogens with one attached hydrogen (secondary N) is 1. The zero-order valence-corrected chi connectivity index (χ0v) is 16.5. The molecule has 9 heteroatoms. The van der Waals surface area contributed by atoms with Gasteiger partial charge in [-0.25, -0.2) is 19.3 Å². The smallest absolute Gasteiger partial charge is 0.222 e. The first kappa shape index (κ1) is 19.7. The van der Waals surface area contributed by atoms with Gasteiger partial charge in [-0.15, -0.1) is 0 Å². The van der Waals surface area contributed by atoms with Crippen molar-refractivity contribution in [3.05, 3.63) is 77.8 Å². The molecule has 0 aliphatic heterocycles. The van der Waals surface area contributed by atoms with E-state index >= 15 is 0 Å². The monoisotopic (exact) mass is 421 g/mol. The lowest BCUT2D eigenvalue weighted by Crippen LogP contribution is -2.11. The number of anilines is 2. The number of nitrogens with two attached hydrogens (primary N) is 1. The molecule has 30 heavy (non-hydrogen) atoms. The zero-order chi connectivity index (χ0) is 20.9. The van der Waals surface area contributed by atoms with Gasteiger partial charge in [0, 0.05) is 48.4 Å². The maximum Gasteiger partial charge on any atom is 0.222 e. The van der Waals surface area contributed by atoms with Crippen LogP contribution < -0.4 is 11.1 Å². The molecule has 0 spiro atoms. The topological polar surface area (TPSA) is 102 Å². The molecule has 4 aromatic rings. The normalized spacial score (nSPS) is 10.7. The molecule has 0 aliphatic rings. The summed E-state index contributed by atoms with van der Waals surface area (Å²) < 4.78 is 13.7. The van der Waals surface area contributed by atoms with Crippen LogP contribution in [0.25, 0.3) is 22.4 Å². The fourth-order valence-electron chi connectivity index (χ4n) is 3.01. The van der Waals surface area contributed by atoms with Crippen molar-refractivity contribution < 1.29 is 4.39 Å². The summed E-state index contributed by atoms with van der Waals surface area (Å²) in [4.78, 5) is 21.3. The van der Waals surface area contributed by atoms with Crippen LogP contribution in [0.5, 0.6) is 0 Å². The van der Waals surface area contributed by atoms with Crippen LogP contribution in [-0.2, 0) is 6.42 Å². The van der Waals surface area contributed by atoms with Gasteiger partial charge in [0.25, 0.3) is 0 Å². The first-order valence-electron chi connectivity index (χ1n) is 9.14. The van der Waals surface area contributed by atoms with Crippen molar-refractivity contribution in [3.63, 3.8) is 0 Å². The first-order chi connectivity index (χ1) is 14.6. The Hall–Kier alpha value is -3.65. The molecule has 0 aliphatic carbocycles. The van der Waals surface area contributed by atoms with E-state index in [0.717, 1.165) is 5.69 Å². The Balaban J connectivity index is 1.76. The van der Waals surface area contributed by atoms with Crippen LogP contribution in [0.3, 0.4) is 0 Å². The highest BCUT2D eigenvalue weighted by atomic mass is 35.5. The zero-order valence-electron chi connectivity index (χ0n) is 15.8. The molecule has 0 saturated carbocycles. The average Bonchev–Trinajstić information content (AvgIpc) is 2.76. The van der Waals surface area contributed by atoms with E-state index in [9.17, 15) is 4.39 Å². The van der Waals surface area contributed by atoms with Crippen LogP contribution in [0, 0.1) is 5.82 Å². The molecule has 0 saturated heterocycles. The number of benzene rings is 1. The van der Waals surface area contributed by atoms with Crippen molar-refractivity contribution in [1.29, 1.82) is 0 Å². The van der Waals surface area contributed by atoms with E-state index in [1.165, 1.54) is 18.5 Å². The molecule has 3 heterocycles. The van der Waals surface area contributed by atoms with Gasteiger partial charge in [-0.2, -0.15) is 4.98 Å². The lowest BCUT2D eigenvalue weighted by molar-refractivity contribution is 0.628. The molecule has 0 unspecified atom stereocenters. The molecule has 4 rings (SSSR count). The van der Waals surface area contributed by atoms with E-state index in [1.54, 1.807) is 24.7 Å². The Morgan fingerprint density at radius 2 is 1.87 bits per heavy atom. The number of pyridine rings is 1. The Morgan fingerprint density at radius 3 is 2.60 bits per heavy atom. The molecule has 1 aromatic carbocycles. The second-order valence-corrected chi connectivity index (χ2v) is 6.82. The minimum absolute atomic E-state index is 0.00962. The van der Waals surface area contributed by atoms with Gasteiger partial charge in [-0.3, -0.25) is 4.98 Å². The minimum atomic E-state index is -0.513. The van der Waals surface area contributed by atoms with E-state index in [4.69, 9.17) is 17.3 Å². The third-order valence-corrected chi connectivity index (χ3v) is 4.66. The van der Waals surface area contributed by atoms with Crippen molar-refractivity contribution in [3.8, 4) is 22.4 Å². The Morgan fingerprint density at radius 1 is 1.03 bits per heavy atom. The Bertz CT molecular complexity index is 1160. The van der Waals surface area contributed by atoms with Crippen LogP contribution in [0.15, 0.2) is 61.3 Å². The predicted octanol–water partition coefficient (Wildman–Crippen LogP) is 4.02. The highest BCUT2D eigenvalue weighted by Crippen LogP contribution is 2.36. The molecule has 0 amide bonds. The molecule has 150 valence electrons. The van der Waals surface area contributed by atoms with E-state index in [1.807, 2.05) is 18.2 Å². The largest absolute Gasteiger partial charge is 0.369 e. The lowest BCUT2D eigenvalue weighted by Gasteiger charge is -2.16. The highest BCUT2D eigenvalue weighted by molar-refractivity contribution is 6.31. The van der Waals surface area contributed by atoms with E-state index in [0.29, 0.717) is 41.2 Å². The van der Waals surface area contributed by atoms with Gasteiger partial charge in [-0.1, -0.05) is 17.7 Å². The van der Waals surface area contributed by atoms with Crippen molar-refractivity contribution in [2.75, 3.05) is 17.6 Å². The number of aromatic nitrogens is 5. The van der Waals surface area contributed by atoms with Crippen molar-refractivity contribution in [1.82, 2.24) is 24.9 Å². The minimum Gasteiger partial charge on any atom is -0.369 e. The Labute approximate surface area is 177 Å². The summed E-state index contributed by atoms with van der Waals surface area (Å²) in [5, 5.41) is 3.29. The molecular formula is C21H17ClFN7. The number of hydrogen-bond acceptors (Lipinski definition) is 7. The van der Waals surface area contributed by atoms with E-state index in [-0.39, 0.29) is 11.0 Å². The predicted molar refractivity (Wildman–Crippen MR) is 114 cm³/mol. The standard InChI is InChI=1S/C21H17ClFN7/c22-16-9-13(4-5-17(16)23)19-18(14-10-25-12-26-11-14)20(30-21(24)29-19)28-8-6-15-3-1-2-7-27-15/h1-5,7,9-12H,6,8H2,(H3,24,28,29,30). The molecule has 7 nitrogen and oxygen atoms in total. The van der Waals surface area contributed by atoms with Crippen molar-refractivity contribution in [2.24, 2.45) is 0 Å².